The molecule has 0 spiro atoms. The quantitative estimate of drug-likeness (QED) is 0.414. The predicted molar refractivity (Wildman–Crippen MR) is 157 cm³/mol. The molecule has 1 fully saturated rings. The van der Waals surface area contributed by atoms with Crippen molar-refractivity contribution in [2.75, 3.05) is 41.3 Å². The first-order chi connectivity index (χ1) is 18.4. The second-order valence-electron chi connectivity index (χ2n) is 11.5. The van der Waals surface area contributed by atoms with E-state index < -0.39 is 0 Å². The van der Waals surface area contributed by atoms with E-state index in [0.717, 1.165) is 55.9 Å². The van der Waals surface area contributed by atoms with Gasteiger partial charge in [0.1, 0.15) is 0 Å². The molecule has 2 amide bonds. The molecule has 218 valence electrons. The van der Waals surface area contributed by atoms with Crippen molar-refractivity contribution in [2.45, 2.75) is 90.0 Å². The largest absolute Gasteiger partial charge is 0.447 e. The minimum atomic E-state index is -0.328. The molecule has 0 aromatic carbocycles. The summed E-state index contributed by atoms with van der Waals surface area (Å²) in [7, 11) is 8.10. The topological polar surface area (TPSA) is 87.2 Å². The Morgan fingerprint density at radius 3 is 2.28 bits per heavy atom. The minimum absolute atomic E-state index is 0.116. The summed E-state index contributed by atoms with van der Waals surface area (Å²) in [6.07, 6.45) is 9.84. The maximum atomic E-state index is 12.6. The number of nitrogens with one attached hydrogen (secondary N) is 1. The number of nitrogens with zero attached hydrogens (tertiary/aromatic N) is 4. The standard InChI is InChI=1S/C29H47N5O4S/c1-19(2)37-28(35)31-22-11-9-21(10-12-22)27-30-18-26(39-27)24-14-13-23(34(8)29(36)38-20(3)4)17-25(24)33(7)16-15-32(5)6/h13-14,18-22,25H,9-12,15-17H2,1-8H3,(H,31,35). The Labute approximate surface area is 238 Å². The molecule has 1 aromatic heterocycles. The Hall–Kier alpha value is -2.43. The Balaban J connectivity index is 1.73. The third kappa shape index (κ3) is 9.05. The zero-order valence-corrected chi connectivity index (χ0v) is 25.7. The fourth-order valence-electron chi connectivity index (χ4n) is 4.98. The second kappa shape index (κ2) is 14.3. The van der Waals surface area contributed by atoms with Crippen molar-refractivity contribution in [1.82, 2.24) is 25.0 Å². The fourth-order valence-corrected chi connectivity index (χ4v) is 6.14. The molecule has 1 N–H and O–H groups in total. The van der Waals surface area contributed by atoms with Crippen LogP contribution in [0.4, 0.5) is 9.59 Å². The van der Waals surface area contributed by atoms with Crippen molar-refractivity contribution in [2.24, 2.45) is 0 Å². The molecule has 10 heteroatoms. The summed E-state index contributed by atoms with van der Waals surface area (Å²) in [5.74, 6) is 0.403. The van der Waals surface area contributed by atoms with Gasteiger partial charge in [-0.2, -0.15) is 0 Å². The lowest BCUT2D eigenvalue weighted by Gasteiger charge is -2.35. The van der Waals surface area contributed by atoms with Gasteiger partial charge in [0.2, 0.25) is 0 Å². The van der Waals surface area contributed by atoms with Crippen LogP contribution in [-0.4, -0.2) is 97.4 Å². The SMILES string of the molecule is CC(C)OC(=O)NC1CCC(c2ncc(C3=CC=C(N(C)C(=O)OC(C)C)CC3N(C)CCN(C)C)s2)CC1. The first-order valence-corrected chi connectivity index (χ1v) is 14.9. The number of aromatic nitrogens is 1. The molecule has 1 saturated carbocycles. The molecule has 39 heavy (non-hydrogen) atoms. The van der Waals surface area contributed by atoms with Crippen LogP contribution < -0.4 is 5.32 Å². The Morgan fingerprint density at radius 2 is 1.67 bits per heavy atom. The van der Waals surface area contributed by atoms with Gasteiger partial charge < -0.3 is 19.7 Å². The summed E-state index contributed by atoms with van der Waals surface area (Å²) < 4.78 is 10.7. The van der Waals surface area contributed by atoms with E-state index in [1.165, 1.54) is 10.5 Å². The molecule has 2 aliphatic carbocycles. The van der Waals surface area contributed by atoms with E-state index in [2.05, 4.69) is 42.3 Å². The van der Waals surface area contributed by atoms with E-state index in [1.807, 2.05) is 40.0 Å². The number of hydrogen-bond acceptors (Lipinski definition) is 8. The zero-order valence-electron chi connectivity index (χ0n) is 24.9. The van der Waals surface area contributed by atoms with Gasteiger partial charge in [-0.1, -0.05) is 6.08 Å². The molecule has 0 saturated heterocycles. The van der Waals surface area contributed by atoms with Crippen LogP contribution >= 0.6 is 11.3 Å². The summed E-state index contributed by atoms with van der Waals surface area (Å²) in [6.45, 7) is 9.30. The Morgan fingerprint density at radius 1 is 1.00 bits per heavy atom. The van der Waals surface area contributed by atoms with Gasteiger partial charge in [-0.3, -0.25) is 9.80 Å². The molecule has 1 aromatic rings. The first kappa shape index (κ1) is 31.1. The van der Waals surface area contributed by atoms with Crippen molar-refractivity contribution in [3.63, 3.8) is 0 Å². The number of carbonyl (C=O) groups excluding carboxylic acids is 2. The summed E-state index contributed by atoms with van der Waals surface area (Å²) in [6, 6.07) is 0.283. The molecule has 3 rings (SSSR count). The van der Waals surface area contributed by atoms with Crippen molar-refractivity contribution in [1.29, 1.82) is 0 Å². The number of alkyl carbamates (subject to hydrolysis) is 1. The molecule has 0 radical (unpaired) electrons. The van der Waals surface area contributed by atoms with Crippen molar-refractivity contribution < 1.29 is 19.1 Å². The molecular weight excluding hydrogens is 514 g/mol. The Bertz CT molecular complexity index is 1030. The van der Waals surface area contributed by atoms with E-state index in [0.29, 0.717) is 5.92 Å². The van der Waals surface area contributed by atoms with E-state index in [-0.39, 0.29) is 36.5 Å². The lowest BCUT2D eigenvalue weighted by molar-refractivity contribution is 0.0901. The highest BCUT2D eigenvalue weighted by Crippen LogP contribution is 2.39. The molecule has 1 heterocycles. The van der Waals surface area contributed by atoms with Crippen LogP contribution in [0.25, 0.3) is 5.57 Å². The number of hydrogen-bond donors (Lipinski definition) is 1. The highest BCUT2D eigenvalue weighted by molar-refractivity contribution is 7.12. The molecule has 9 nitrogen and oxygen atoms in total. The minimum Gasteiger partial charge on any atom is -0.447 e. The molecular formula is C29H47N5O4S. The maximum absolute atomic E-state index is 12.6. The van der Waals surface area contributed by atoms with Crippen molar-refractivity contribution >= 4 is 29.1 Å². The van der Waals surface area contributed by atoms with Gasteiger partial charge in [0, 0.05) is 56.5 Å². The number of carbonyl (C=O) groups is 2. The lowest BCUT2D eigenvalue weighted by atomic mass is 9.86. The highest BCUT2D eigenvalue weighted by atomic mass is 32.1. The van der Waals surface area contributed by atoms with Crippen molar-refractivity contribution in [3.8, 4) is 0 Å². The van der Waals surface area contributed by atoms with Gasteiger partial charge >= 0.3 is 12.2 Å². The summed E-state index contributed by atoms with van der Waals surface area (Å²) >= 11 is 1.78. The van der Waals surface area contributed by atoms with Crippen LogP contribution in [0.1, 0.15) is 75.6 Å². The van der Waals surface area contributed by atoms with Crippen LogP contribution in [0.5, 0.6) is 0 Å². The maximum Gasteiger partial charge on any atom is 0.414 e. The number of thiazole rings is 1. The second-order valence-corrected chi connectivity index (χ2v) is 12.5. The van der Waals surface area contributed by atoms with Gasteiger partial charge in [-0.25, -0.2) is 14.6 Å². The molecule has 1 atom stereocenters. The molecule has 0 aliphatic heterocycles. The molecule has 2 aliphatic rings. The third-order valence-corrected chi connectivity index (χ3v) is 8.45. The summed E-state index contributed by atoms with van der Waals surface area (Å²) in [5, 5.41) is 4.17. The lowest BCUT2D eigenvalue weighted by Crippen LogP contribution is -2.40. The third-order valence-electron chi connectivity index (χ3n) is 7.24. The number of ether oxygens (including phenoxy) is 2. The number of likely N-dealkylation sites (N-methyl/N-ethyl adjacent to an activating group) is 2. The number of rotatable bonds is 10. The van der Waals surface area contributed by atoms with Gasteiger partial charge in [-0.05, 0) is 86.2 Å². The van der Waals surface area contributed by atoms with Gasteiger partial charge in [0.25, 0.3) is 0 Å². The normalized spacial score (nSPS) is 21.7. The summed E-state index contributed by atoms with van der Waals surface area (Å²) in [5.41, 5.74) is 2.18. The fraction of sp³-hybridized carbons (Fsp3) is 0.690. The van der Waals surface area contributed by atoms with E-state index >= 15 is 0 Å². The number of allylic oxidation sites excluding steroid dienone is 2. The van der Waals surface area contributed by atoms with E-state index in [9.17, 15) is 9.59 Å². The predicted octanol–water partition coefficient (Wildman–Crippen LogP) is 5.31. The Kier molecular flexibility index (Phi) is 11.4. The first-order valence-electron chi connectivity index (χ1n) is 14.1. The van der Waals surface area contributed by atoms with Gasteiger partial charge in [-0.15, -0.1) is 11.3 Å². The smallest absolute Gasteiger partial charge is 0.414 e. The van der Waals surface area contributed by atoms with Crippen LogP contribution in [0.15, 0.2) is 24.0 Å². The molecule has 0 bridgehead atoms. The molecule has 1 unspecified atom stereocenters. The van der Waals surface area contributed by atoms with Gasteiger partial charge in [0.15, 0.2) is 0 Å². The highest BCUT2D eigenvalue weighted by Gasteiger charge is 2.31. The van der Waals surface area contributed by atoms with Crippen LogP contribution in [0.3, 0.4) is 0 Å². The average Bonchev–Trinajstić information content (AvgIpc) is 3.36. The average molecular weight is 562 g/mol. The van der Waals surface area contributed by atoms with Crippen LogP contribution in [0.2, 0.25) is 0 Å². The van der Waals surface area contributed by atoms with Crippen molar-refractivity contribution in [3.05, 3.63) is 33.9 Å². The van der Waals surface area contributed by atoms with Crippen LogP contribution in [-0.2, 0) is 9.47 Å². The van der Waals surface area contributed by atoms with E-state index in [1.54, 1.807) is 23.3 Å². The number of amides is 2. The van der Waals surface area contributed by atoms with E-state index in [4.69, 9.17) is 14.5 Å². The summed E-state index contributed by atoms with van der Waals surface area (Å²) in [4.78, 5) is 36.8. The zero-order chi connectivity index (χ0) is 28.7. The van der Waals surface area contributed by atoms with Crippen LogP contribution in [0, 0.1) is 0 Å². The van der Waals surface area contributed by atoms with Gasteiger partial charge in [0.05, 0.1) is 22.1 Å². The monoisotopic (exact) mass is 561 g/mol.